The van der Waals surface area contributed by atoms with E-state index in [1.807, 2.05) is 0 Å². The fraction of sp³-hybridized carbons (Fsp3) is 0.600. The van der Waals surface area contributed by atoms with Gasteiger partial charge in [-0.15, -0.1) is 11.3 Å². The highest BCUT2D eigenvalue weighted by Crippen LogP contribution is 2.30. The van der Waals surface area contributed by atoms with Gasteiger partial charge < -0.3 is 5.73 Å². The van der Waals surface area contributed by atoms with Crippen LogP contribution in [0.3, 0.4) is 0 Å². The molecular formula is C10H17BrN2S. The molecule has 0 saturated heterocycles. The average molecular weight is 277 g/mol. The van der Waals surface area contributed by atoms with Gasteiger partial charge in [-0.3, -0.25) is 4.90 Å². The van der Waals surface area contributed by atoms with Gasteiger partial charge in [-0.1, -0.05) is 0 Å². The molecular weight excluding hydrogens is 260 g/mol. The van der Waals surface area contributed by atoms with Crippen LogP contribution in [0.25, 0.3) is 0 Å². The lowest BCUT2D eigenvalue weighted by Crippen LogP contribution is -2.34. The molecule has 0 fully saturated rings. The molecule has 0 aliphatic carbocycles. The largest absolute Gasteiger partial charge is 0.329 e. The number of nitrogens with two attached hydrogens (primary N) is 1. The van der Waals surface area contributed by atoms with Crippen molar-refractivity contribution in [1.29, 1.82) is 0 Å². The molecule has 80 valence electrons. The van der Waals surface area contributed by atoms with Gasteiger partial charge in [0.1, 0.15) is 0 Å². The minimum Gasteiger partial charge on any atom is -0.329 e. The maximum Gasteiger partial charge on any atom is 0.0702 e. The predicted octanol–water partition coefficient (Wildman–Crippen LogP) is 2.85. The summed E-state index contributed by atoms with van der Waals surface area (Å²) in [5, 5.41) is 0. The fourth-order valence-corrected chi connectivity index (χ4v) is 2.94. The quantitative estimate of drug-likeness (QED) is 0.917. The molecule has 1 heterocycles. The molecule has 0 aliphatic heterocycles. The van der Waals surface area contributed by atoms with Crippen molar-refractivity contribution in [3.05, 3.63) is 20.8 Å². The van der Waals surface area contributed by atoms with E-state index in [4.69, 9.17) is 5.73 Å². The molecule has 1 aromatic rings. The summed E-state index contributed by atoms with van der Waals surface area (Å²) in [6, 6.07) is 5.08. The van der Waals surface area contributed by atoms with Crippen LogP contribution >= 0.6 is 27.3 Å². The Bertz CT molecular complexity index is 285. The van der Waals surface area contributed by atoms with E-state index in [1.165, 1.54) is 8.66 Å². The summed E-state index contributed by atoms with van der Waals surface area (Å²) < 4.78 is 1.17. The minimum absolute atomic E-state index is 0.339. The molecule has 1 aromatic heterocycles. The van der Waals surface area contributed by atoms with E-state index in [0.29, 0.717) is 18.6 Å². The van der Waals surface area contributed by atoms with E-state index < -0.39 is 0 Å². The van der Waals surface area contributed by atoms with Crippen LogP contribution in [0.4, 0.5) is 0 Å². The Labute approximate surface area is 98.2 Å². The third kappa shape index (κ3) is 2.79. The topological polar surface area (TPSA) is 29.3 Å². The van der Waals surface area contributed by atoms with Crippen LogP contribution in [0.1, 0.15) is 24.8 Å². The Hall–Kier alpha value is 0.1000. The lowest BCUT2D eigenvalue weighted by atomic mass is 10.2. The molecule has 0 spiro atoms. The second-order valence-corrected chi connectivity index (χ2v) is 6.15. The van der Waals surface area contributed by atoms with Crippen molar-refractivity contribution in [2.75, 3.05) is 13.6 Å². The third-order valence-electron chi connectivity index (χ3n) is 2.45. The molecule has 0 saturated carbocycles. The third-order valence-corrected chi connectivity index (χ3v) is 4.18. The van der Waals surface area contributed by atoms with Crippen LogP contribution in [0, 0.1) is 0 Å². The van der Waals surface area contributed by atoms with E-state index in [2.05, 4.69) is 53.9 Å². The standard InChI is InChI=1S/C10H17BrN2S/c1-7(2)13(3)8(6-12)9-4-5-10(11)14-9/h4-5,7-8H,6,12H2,1-3H3. The summed E-state index contributed by atoms with van der Waals surface area (Å²) in [7, 11) is 2.12. The molecule has 2 N–H and O–H groups in total. The van der Waals surface area contributed by atoms with Gasteiger partial charge in [-0.2, -0.15) is 0 Å². The van der Waals surface area contributed by atoms with Crippen molar-refractivity contribution in [3.63, 3.8) is 0 Å². The first-order valence-electron chi connectivity index (χ1n) is 4.73. The van der Waals surface area contributed by atoms with Crippen molar-refractivity contribution in [2.45, 2.75) is 25.9 Å². The summed E-state index contributed by atoms with van der Waals surface area (Å²) >= 11 is 5.24. The first-order chi connectivity index (χ1) is 6.56. The summed E-state index contributed by atoms with van der Waals surface area (Å²) in [6.45, 7) is 5.04. The molecule has 0 aliphatic rings. The fourth-order valence-electron chi connectivity index (χ4n) is 1.35. The number of rotatable bonds is 4. The molecule has 1 unspecified atom stereocenters. The zero-order valence-electron chi connectivity index (χ0n) is 8.83. The van der Waals surface area contributed by atoms with Crippen molar-refractivity contribution >= 4 is 27.3 Å². The number of halogens is 1. The first kappa shape index (κ1) is 12.2. The highest BCUT2D eigenvalue weighted by molar-refractivity contribution is 9.11. The lowest BCUT2D eigenvalue weighted by molar-refractivity contribution is 0.204. The number of nitrogens with zero attached hydrogens (tertiary/aromatic N) is 1. The zero-order valence-corrected chi connectivity index (χ0v) is 11.2. The maximum atomic E-state index is 5.80. The summed E-state index contributed by atoms with van der Waals surface area (Å²) in [6.07, 6.45) is 0. The normalized spacial score (nSPS) is 13.9. The molecule has 2 nitrogen and oxygen atoms in total. The van der Waals surface area contributed by atoms with Gasteiger partial charge in [0.05, 0.1) is 9.83 Å². The zero-order chi connectivity index (χ0) is 10.7. The van der Waals surface area contributed by atoms with Crippen molar-refractivity contribution in [1.82, 2.24) is 4.90 Å². The van der Waals surface area contributed by atoms with Crippen LogP contribution in [0.15, 0.2) is 15.9 Å². The van der Waals surface area contributed by atoms with Crippen LogP contribution in [0.2, 0.25) is 0 Å². The molecule has 1 rings (SSSR count). The van der Waals surface area contributed by atoms with E-state index in [-0.39, 0.29) is 0 Å². The van der Waals surface area contributed by atoms with E-state index in [9.17, 15) is 0 Å². The van der Waals surface area contributed by atoms with Crippen molar-refractivity contribution < 1.29 is 0 Å². The van der Waals surface area contributed by atoms with Crippen LogP contribution in [0.5, 0.6) is 0 Å². The monoisotopic (exact) mass is 276 g/mol. The average Bonchev–Trinajstić information content (AvgIpc) is 2.53. The Morgan fingerprint density at radius 1 is 1.50 bits per heavy atom. The van der Waals surface area contributed by atoms with Gasteiger partial charge >= 0.3 is 0 Å². The van der Waals surface area contributed by atoms with Gasteiger partial charge in [0.15, 0.2) is 0 Å². The van der Waals surface area contributed by atoms with Gasteiger partial charge in [0.25, 0.3) is 0 Å². The molecule has 1 atom stereocenters. The van der Waals surface area contributed by atoms with Crippen LogP contribution in [-0.2, 0) is 0 Å². The first-order valence-corrected chi connectivity index (χ1v) is 6.34. The molecule has 0 amide bonds. The van der Waals surface area contributed by atoms with Gasteiger partial charge in [-0.05, 0) is 49.0 Å². The molecule has 0 bridgehead atoms. The van der Waals surface area contributed by atoms with Gasteiger partial charge in [0.2, 0.25) is 0 Å². The highest BCUT2D eigenvalue weighted by Gasteiger charge is 2.18. The van der Waals surface area contributed by atoms with Gasteiger partial charge in [0, 0.05) is 17.5 Å². The summed E-state index contributed by atoms with van der Waals surface area (Å²) in [5.74, 6) is 0. The second kappa shape index (κ2) is 5.26. The summed E-state index contributed by atoms with van der Waals surface area (Å²) in [5.41, 5.74) is 5.80. The van der Waals surface area contributed by atoms with E-state index in [0.717, 1.165) is 0 Å². The Balaban J connectivity index is 2.81. The van der Waals surface area contributed by atoms with Crippen molar-refractivity contribution in [3.8, 4) is 0 Å². The Morgan fingerprint density at radius 2 is 2.14 bits per heavy atom. The Morgan fingerprint density at radius 3 is 2.50 bits per heavy atom. The predicted molar refractivity (Wildman–Crippen MR) is 66.7 cm³/mol. The van der Waals surface area contributed by atoms with E-state index >= 15 is 0 Å². The second-order valence-electron chi connectivity index (χ2n) is 3.65. The summed E-state index contributed by atoms with van der Waals surface area (Å²) in [4.78, 5) is 3.63. The molecule has 14 heavy (non-hydrogen) atoms. The van der Waals surface area contributed by atoms with Crippen LogP contribution < -0.4 is 5.73 Å². The van der Waals surface area contributed by atoms with Crippen LogP contribution in [-0.4, -0.2) is 24.5 Å². The number of likely N-dealkylation sites (N-methyl/N-ethyl adjacent to an activating group) is 1. The lowest BCUT2D eigenvalue weighted by Gasteiger charge is -2.29. The highest BCUT2D eigenvalue weighted by atomic mass is 79.9. The molecule has 0 aromatic carbocycles. The SMILES string of the molecule is CC(C)N(C)C(CN)c1ccc(Br)s1. The van der Waals surface area contributed by atoms with Crippen molar-refractivity contribution in [2.24, 2.45) is 5.73 Å². The van der Waals surface area contributed by atoms with Gasteiger partial charge in [-0.25, -0.2) is 0 Å². The minimum atomic E-state index is 0.339. The number of hydrogen-bond acceptors (Lipinski definition) is 3. The maximum absolute atomic E-state index is 5.80. The number of thiophene rings is 1. The number of hydrogen-bond donors (Lipinski definition) is 1. The van der Waals surface area contributed by atoms with E-state index in [1.54, 1.807) is 11.3 Å². The smallest absolute Gasteiger partial charge is 0.0702 e. The Kier molecular flexibility index (Phi) is 4.57. The molecule has 4 heteroatoms. The molecule has 0 radical (unpaired) electrons.